The van der Waals surface area contributed by atoms with Crippen LogP contribution in [0.4, 0.5) is 5.69 Å². The van der Waals surface area contributed by atoms with Gasteiger partial charge in [-0.05, 0) is 49.6 Å². The first-order valence-corrected chi connectivity index (χ1v) is 15.0. The Kier molecular flexibility index (Phi) is 10.9. The quantitative estimate of drug-likeness (QED) is 0.273. The molecular formula is C30H36ClN3O4S. The number of para-hydroxylation sites is 1. The predicted octanol–water partition coefficient (Wildman–Crippen LogP) is 5.57. The van der Waals surface area contributed by atoms with E-state index in [-0.39, 0.29) is 28.1 Å². The number of hydrogen-bond acceptors (Lipinski definition) is 4. The van der Waals surface area contributed by atoms with Gasteiger partial charge in [-0.3, -0.25) is 13.9 Å². The van der Waals surface area contributed by atoms with Crippen LogP contribution in [0.5, 0.6) is 0 Å². The topological polar surface area (TPSA) is 86.8 Å². The maximum atomic E-state index is 14.0. The van der Waals surface area contributed by atoms with Crippen molar-refractivity contribution >= 4 is 39.1 Å². The van der Waals surface area contributed by atoms with Crippen molar-refractivity contribution in [1.82, 2.24) is 10.2 Å². The standard InChI is InChI=1S/C30H36ClN3O4S/c1-4-6-20-32-30(36)27(5-2)33(21-24-18-16-23(3)17-19-24)29(35)22-34(28-15-11-10-14-26(28)31)39(37,38)25-12-8-7-9-13-25/h7-19,27H,4-6,20-22H2,1-3H3,(H,32,36). The monoisotopic (exact) mass is 569 g/mol. The molecule has 9 heteroatoms. The molecule has 0 heterocycles. The predicted molar refractivity (Wildman–Crippen MR) is 156 cm³/mol. The zero-order valence-electron chi connectivity index (χ0n) is 22.6. The molecule has 3 rings (SSSR count). The van der Waals surface area contributed by atoms with Crippen LogP contribution < -0.4 is 9.62 Å². The second-order valence-corrected chi connectivity index (χ2v) is 11.6. The third-order valence-corrected chi connectivity index (χ3v) is 8.51. The van der Waals surface area contributed by atoms with Crippen molar-refractivity contribution in [3.05, 3.63) is 95.0 Å². The molecule has 1 N–H and O–H groups in total. The van der Waals surface area contributed by atoms with Crippen LogP contribution in [0, 0.1) is 6.92 Å². The Labute approximate surface area is 236 Å². The lowest BCUT2D eigenvalue weighted by molar-refractivity contribution is -0.140. The van der Waals surface area contributed by atoms with Crippen molar-refractivity contribution in [2.75, 3.05) is 17.4 Å². The van der Waals surface area contributed by atoms with Crippen LogP contribution in [-0.4, -0.2) is 44.3 Å². The number of sulfonamides is 1. The van der Waals surface area contributed by atoms with Gasteiger partial charge in [0.25, 0.3) is 10.0 Å². The van der Waals surface area contributed by atoms with Crippen molar-refractivity contribution in [2.24, 2.45) is 0 Å². The maximum absolute atomic E-state index is 14.0. The Morgan fingerprint density at radius 1 is 0.923 bits per heavy atom. The van der Waals surface area contributed by atoms with Gasteiger partial charge in [0.15, 0.2) is 0 Å². The molecule has 0 aromatic heterocycles. The average Bonchev–Trinajstić information content (AvgIpc) is 2.93. The minimum atomic E-state index is -4.15. The molecule has 208 valence electrons. The molecule has 39 heavy (non-hydrogen) atoms. The van der Waals surface area contributed by atoms with Crippen LogP contribution in [0.1, 0.15) is 44.2 Å². The minimum absolute atomic E-state index is 0.0344. The summed E-state index contributed by atoms with van der Waals surface area (Å²) in [6, 6.07) is 21.3. The fourth-order valence-electron chi connectivity index (χ4n) is 4.20. The highest BCUT2D eigenvalue weighted by Gasteiger charge is 2.34. The molecule has 7 nitrogen and oxygen atoms in total. The number of amides is 2. The molecule has 1 atom stereocenters. The highest BCUT2D eigenvalue weighted by molar-refractivity contribution is 7.92. The third kappa shape index (κ3) is 7.83. The number of carbonyl (C=O) groups is 2. The van der Waals surface area contributed by atoms with Gasteiger partial charge in [-0.15, -0.1) is 0 Å². The van der Waals surface area contributed by atoms with Crippen molar-refractivity contribution in [3.63, 3.8) is 0 Å². The first-order chi connectivity index (χ1) is 18.7. The number of unbranched alkanes of at least 4 members (excludes halogenated alkanes) is 1. The van der Waals surface area contributed by atoms with E-state index < -0.39 is 28.5 Å². The number of hydrogen-bond donors (Lipinski definition) is 1. The van der Waals surface area contributed by atoms with E-state index in [0.717, 1.165) is 28.3 Å². The van der Waals surface area contributed by atoms with Crippen molar-refractivity contribution in [3.8, 4) is 0 Å². The third-order valence-electron chi connectivity index (χ3n) is 6.42. The van der Waals surface area contributed by atoms with Crippen LogP contribution in [0.3, 0.4) is 0 Å². The molecule has 0 bridgehead atoms. The summed E-state index contributed by atoms with van der Waals surface area (Å²) < 4.78 is 28.6. The van der Waals surface area contributed by atoms with Crippen molar-refractivity contribution in [1.29, 1.82) is 0 Å². The number of carbonyl (C=O) groups excluding carboxylic acids is 2. The highest BCUT2D eigenvalue weighted by atomic mass is 35.5. The molecule has 1 unspecified atom stereocenters. The number of halogens is 1. The van der Waals surface area contributed by atoms with Crippen LogP contribution >= 0.6 is 11.6 Å². The second-order valence-electron chi connectivity index (χ2n) is 9.35. The lowest BCUT2D eigenvalue weighted by Crippen LogP contribution is -2.52. The van der Waals surface area contributed by atoms with Gasteiger partial charge >= 0.3 is 0 Å². The Balaban J connectivity index is 2.03. The van der Waals surface area contributed by atoms with E-state index in [0.29, 0.717) is 13.0 Å². The first kappa shape index (κ1) is 30.2. The van der Waals surface area contributed by atoms with Crippen LogP contribution in [0.25, 0.3) is 0 Å². The van der Waals surface area contributed by atoms with E-state index in [4.69, 9.17) is 11.6 Å². The summed E-state index contributed by atoms with van der Waals surface area (Å²) in [6.45, 7) is 5.98. The Morgan fingerprint density at radius 3 is 2.18 bits per heavy atom. The molecule has 3 aromatic rings. The van der Waals surface area contributed by atoms with Gasteiger partial charge in [0, 0.05) is 13.1 Å². The number of aryl methyl sites for hydroxylation is 1. The average molecular weight is 570 g/mol. The molecule has 0 aliphatic heterocycles. The van der Waals surface area contributed by atoms with E-state index in [1.165, 1.54) is 17.0 Å². The van der Waals surface area contributed by atoms with E-state index >= 15 is 0 Å². The smallest absolute Gasteiger partial charge is 0.264 e. The van der Waals surface area contributed by atoms with Gasteiger partial charge in [-0.25, -0.2) is 8.42 Å². The maximum Gasteiger partial charge on any atom is 0.264 e. The summed E-state index contributed by atoms with van der Waals surface area (Å²) in [4.78, 5) is 28.7. The van der Waals surface area contributed by atoms with Crippen molar-refractivity contribution in [2.45, 2.75) is 57.5 Å². The van der Waals surface area contributed by atoms with Crippen LogP contribution in [0.2, 0.25) is 5.02 Å². The van der Waals surface area contributed by atoms with Gasteiger partial charge in [0.1, 0.15) is 12.6 Å². The van der Waals surface area contributed by atoms with E-state index in [2.05, 4.69) is 5.32 Å². The number of nitrogens with one attached hydrogen (secondary N) is 1. The number of nitrogens with zero attached hydrogens (tertiary/aromatic N) is 2. The lowest BCUT2D eigenvalue weighted by atomic mass is 10.1. The second kappa shape index (κ2) is 14.1. The summed E-state index contributed by atoms with van der Waals surface area (Å²) in [5, 5.41) is 3.12. The fraction of sp³-hybridized carbons (Fsp3) is 0.333. The lowest BCUT2D eigenvalue weighted by Gasteiger charge is -2.33. The van der Waals surface area contributed by atoms with Gasteiger partial charge < -0.3 is 10.2 Å². The summed E-state index contributed by atoms with van der Waals surface area (Å²) in [6.07, 6.45) is 2.12. The molecule has 0 aliphatic rings. The van der Waals surface area contributed by atoms with Gasteiger partial charge in [0.2, 0.25) is 11.8 Å². The molecule has 0 radical (unpaired) electrons. The van der Waals surface area contributed by atoms with Gasteiger partial charge in [0.05, 0.1) is 15.6 Å². The summed E-state index contributed by atoms with van der Waals surface area (Å²) in [5.41, 5.74) is 2.09. The highest BCUT2D eigenvalue weighted by Crippen LogP contribution is 2.30. The Bertz CT molecular complexity index is 1350. The Hall–Kier alpha value is -3.36. The molecular weight excluding hydrogens is 534 g/mol. The van der Waals surface area contributed by atoms with Gasteiger partial charge in [-0.1, -0.05) is 92.0 Å². The fourth-order valence-corrected chi connectivity index (χ4v) is 5.94. The first-order valence-electron chi connectivity index (χ1n) is 13.1. The molecule has 0 saturated carbocycles. The molecule has 0 saturated heterocycles. The van der Waals surface area contributed by atoms with E-state index in [9.17, 15) is 18.0 Å². The molecule has 0 spiro atoms. The SMILES string of the molecule is CCCCNC(=O)C(CC)N(Cc1ccc(C)cc1)C(=O)CN(c1ccccc1Cl)S(=O)(=O)c1ccccc1. The zero-order chi connectivity index (χ0) is 28.4. The molecule has 3 aromatic carbocycles. The van der Waals surface area contributed by atoms with Crippen molar-refractivity contribution < 1.29 is 18.0 Å². The van der Waals surface area contributed by atoms with Crippen LogP contribution in [-0.2, 0) is 26.2 Å². The molecule has 0 aliphatic carbocycles. The minimum Gasteiger partial charge on any atom is -0.354 e. The summed E-state index contributed by atoms with van der Waals surface area (Å²) in [5.74, 6) is -0.769. The normalized spacial score (nSPS) is 12.0. The number of anilines is 1. The molecule has 0 fully saturated rings. The molecule has 2 amide bonds. The largest absolute Gasteiger partial charge is 0.354 e. The van der Waals surface area contributed by atoms with Crippen LogP contribution in [0.15, 0.2) is 83.8 Å². The van der Waals surface area contributed by atoms with Gasteiger partial charge in [-0.2, -0.15) is 0 Å². The van der Waals surface area contributed by atoms with E-state index in [1.54, 1.807) is 42.5 Å². The summed E-state index contributed by atoms with van der Waals surface area (Å²) >= 11 is 6.44. The Morgan fingerprint density at radius 2 is 1.56 bits per heavy atom. The number of rotatable bonds is 13. The summed E-state index contributed by atoms with van der Waals surface area (Å²) in [7, 11) is -4.15. The number of benzene rings is 3. The van der Waals surface area contributed by atoms with E-state index in [1.807, 2.05) is 45.0 Å². The zero-order valence-corrected chi connectivity index (χ0v) is 24.2.